The van der Waals surface area contributed by atoms with E-state index in [4.69, 9.17) is 0 Å². The van der Waals surface area contributed by atoms with E-state index in [1.807, 2.05) is 18.3 Å². The van der Waals surface area contributed by atoms with E-state index in [0.29, 0.717) is 18.0 Å². The molecule has 4 nitrogen and oxygen atoms in total. The van der Waals surface area contributed by atoms with Gasteiger partial charge in [0.05, 0.1) is 5.39 Å². The van der Waals surface area contributed by atoms with E-state index in [1.54, 1.807) is 16.7 Å². The summed E-state index contributed by atoms with van der Waals surface area (Å²) in [5, 5.41) is 14.4. The number of fused-ring (bicyclic) bond motifs is 1. The van der Waals surface area contributed by atoms with Gasteiger partial charge in [0.15, 0.2) is 0 Å². The number of hydrogen-bond donors (Lipinski definition) is 2. The van der Waals surface area contributed by atoms with Gasteiger partial charge in [-0.15, -0.1) is 0 Å². The lowest BCUT2D eigenvalue weighted by molar-refractivity contribution is 0.477. The molecule has 2 N–H and O–H groups in total. The molecule has 1 aliphatic heterocycles. The lowest BCUT2D eigenvalue weighted by Gasteiger charge is -2.13. The molecule has 2 heterocycles. The number of aromatic nitrogens is 1. The molecule has 0 saturated carbocycles. The lowest BCUT2D eigenvalue weighted by Crippen LogP contribution is -2.31. The predicted octanol–water partition coefficient (Wildman–Crippen LogP) is 1.46. The highest BCUT2D eigenvalue weighted by atomic mass is 16.3. The van der Waals surface area contributed by atoms with Crippen LogP contribution in [0.4, 0.5) is 0 Å². The summed E-state index contributed by atoms with van der Waals surface area (Å²) in [6, 6.07) is 7.40. The van der Waals surface area contributed by atoms with Crippen LogP contribution in [-0.4, -0.2) is 22.3 Å². The normalized spacial score (nSPS) is 19.4. The maximum absolute atomic E-state index is 12.3. The van der Waals surface area contributed by atoms with Crippen LogP contribution in [0.2, 0.25) is 0 Å². The molecule has 3 rings (SSSR count). The van der Waals surface area contributed by atoms with Crippen LogP contribution in [0.25, 0.3) is 10.8 Å². The molecule has 18 heavy (non-hydrogen) atoms. The van der Waals surface area contributed by atoms with Crippen molar-refractivity contribution in [1.82, 2.24) is 9.88 Å². The first kappa shape index (κ1) is 11.3. The average Bonchev–Trinajstić information content (AvgIpc) is 2.86. The summed E-state index contributed by atoms with van der Waals surface area (Å²) in [7, 11) is 0. The largest absolute Gasteiger partial charge is 0.507 e. The Morgan fingerprint density at radius 2 is 2.28 bits per heavy atom. The fourth-order valence-corrected chi connectivity index (χ4v) is 2.60. The molecule has 0 bridgehead atoms. The first-order chi connectivity index (χ1) is 8.75. The van der Waals surface area contributed by atoms with Crippen LogP contribution < -0.4 is 10.9 Å². The summed E-state index contributed by atoms with van der Waals surface area (Å²) in [6.07, 6.45) is 4.08. The maximum atomic E-state index is 12.3. The van der Waals surface area contributed by atoms with Crippen molar-refractivity contribution in [3.05, 3.63) is 40.8 Å². The van der Waals surface area contributed by atoms with Gasteiger partial charge >= 0.3 is 0 Å². The summed E-state index contributed by atoms with van der Waals surface area (Å²) in [6.45, 7) is 1.70. The van der Waals surface area contributed by atoms with Gasteiger partial charge in [-0.3, -0.25) is 4.79 Å². The number of rotatable bonds is 2. The fourth-order valence-electron chi connectivity index (χ4n) is 2.60. The third-order valence-electron chi connectivity index (χ3n) is 3.56. The zero-order valence-electron chi connectivity index (χ0n) is 10.1. The molecule has 1 aromatic heterocycles. The smallest absolute Gasteiger partial charge is 0.262 e. The average molecular weight is 244 g/mol. The van der Waals surface area contributed by atoms with Crippen molar-refractivity contribution < 1.29 is 5.11 Å². The van der Waals surface area contributed by atoms with Crippen molar-refractivity contribution >= 4 is 10.8 Å². The van der Waals surface area contributed by atoms with Crippen LogP contribution in [0.15, 0.2) is 35.3 Å². The minimum absolute atomic E-state index is 0.0613. The van der Waals surface area contributed by atoms with Gasteiger partial charge in [-0.05, 0) is 36.9 Å². The highest BCUT2D eigenvalue weighted by Gasteiger charge is 2.16. The van der Waals surface area contributed by atoms with Crippen LogP contribution in [0.5, 0.6) is 5.75 Å². The zero-order chi connectivity index (χ0) is 12.5. The van der Waals surface area contributed by atoms with E-state index in [-0.39, 0.29) is 11.3 Å². The van der Waals surface area contributed by atoms with E-state index >= 15 is 0 Å². The molecule has 1 saturated heterocycles. The van der Waals surface area contributed by atoms with Crippen LogP contribution in [0.1, 0.15) is 12.8 Å². The summed E-state index contributed by atoms with van der Waals surface area (Å²) in [5.74, 6) is 0.0613. The minimum atomic E-state index is -0.112. The topological polar surface area (TPSA) is 54.3 Å². The molecule has 0 aliphatic carbocycles. The Labute approximate surface area is 105 Å². The lowest BCUT2D eigenvalue weighted by atomic mass is 10.1. The number of phenols is 1. The Morgan fingerprint density at radius 1 is 1.39 bits per heavy atom. The summed E-state index contributed by atoms with van der Waals surface area (Å²) in [5.41, 5.74) is -0.112. The first-order valence-corrected chi connectivity index (χ1v) is 6.30. The van der Waals surface area contributed by atoms with Crippen LogP contribution >= 0.6 is 0 Å². The second-order valence-electron chi connectivity index (χ2n) is 4.81. The van der Waals surface area contributed by atoms with Gasteiger partial charge in [-0.2, -0.15) is 0 Å². The van der Waals surface area contributed by atoms with Crippen molar-refractivity contribution in [2.45, 2.75) is 25.4 Å². The standard InChI is InChI=1S/C14H16N2O2/c17-12-5-1-3-10-6-8-16(14(18)13(10)12)9-11-4-2-7-15-11/h1,3,5-6,8,11,15,17H,2,4,7,9H2. The number of aromatic hydroxyl groups is 1. The molecule has 0 radical (unpaired) electrons. The highest BCUT2D eigenvalue weighted by Crippen LogP contribution is 2.20. The quantitative estimate of drug-likeness (QED) is 0.841. The molecule has 1 aliphatic rings. The number of nitrogens with one attached hydrogen (secondary N) is 1. The molecule has 0 amide bonds. The first-order valence-electron chi connectivity index (χ1n) is 6.30. The van der Waals surface area contributed by atoms with E-state index in [1.165, 1.54) is 0 Å². The Balaban J connectivity index is 2.05. The number of phenolic OH excluding ortho intramolecular Hbond substituents is 1. The third kappa shape index (κ3) is 1.88. The molecule has 1 unspecified atom stereocenters. The minimum Gasteiger partial charge on any atom is -0.507 e. The van der Waals surface area contributed by atoms with E-state index in [9.17, 15) is 9.90 Å². The van der Waals surface area contributed by atoms with Crippen LogP contribution in [-0.2, 0) is 6.54 Å². The highest BCUT2D eigenvalue weighted by molar-refractivity contribution is 5.86. The molecule has 2 aromatic rings. The van der Waals surface area contributed by atoms with Crippen molar-refractivity contribution in [2.24, 2.45) is 0 Å². The van der Waals surface area contributed by atoms with Gasteiger partial charge < -0.3 is 15.0 Å². The SMILES string of the molecule is O=c1c2c(O)cccc2ccn1CC1CCCN1. The van der Waals surface area contributed by atoms with Gasteiger partial charge in [0, 0.05) is 18.8 Å². The summed E-state index contributed by atoms with van der Waals surface area (Å²) in [4.78, 5) is 12.3. The van der Waals surface area contributed by atoms with Crippen molar-refractivity contribution in [3.8, 4) is 5.75 Å². The van der Waals surface area contributed by atoms with Crippen molar-refractivity contribution in [1.29, 1.82) is 0 Å². The van der Waals surface area contributed by atoms with E-state index in [2.05, 4.69) is 5.32 Å². The molecule has 1 fully saturated rings. The molecule has 1 aromatic carbocycles. The number of benzene rings is 1. The van der Waals surface area contributed by atoms with Gasteiger partial charge in [0.2, 0.25) is 0 Å². The number of hydrogen-bond acceptors (Lipinski definition) is 3. The van der Waals surface area contributed by atoms with Crippen molar-refractivity contribution in [3.63, 3.8) is 0 Å². The van der Waals surface area contributed by atoms with Crippen molar-refractivity contribution in [2.75, 3.05) is 6.54 Å². The zero-order valence-corrected chi connectivity index (χ0v) is 10.1. The molecule has 1 atom stereocenters. The molecule has 4 heteroatoms. The molecular weight excluding hydrogens is 228 g/mol. The van der Waals surface area contributed by atoms with Crippen LogP contribution in [0, 0.1) is 0 Å². The monoisotopic (exact) mass is 244 g/mol. The Morgan fingerprint density at radius 3 is 3.06 bits per heavy atom. The maximum Gasteiger partial charge on any atom is 0.262 e. The van der Waals surface area contributed by atoms with E-state index in [0.717, 1.165) is 24.8 Å². The molecular formula is C14H16N2O2. The number of pyridine rings is 1. The Hall–Kier alpha value is -1.81. The third-order valence-corrected chi connectivity index (χ3v) is 3.56. The molecule has 94 valence electrons. The Kier molecular flexibility index (Phi) is 2.80. The predicted molar refractivity (Wildman–Crippen MR) is 70.9 cm³/mol. The fraction of sp³-hybridized carbons (Fsp3) is 0.357. The van der Waals surface area contributed by atoms with Crippen LogP contribution in [0.3, 0.4) is 0 Å². The number of nitrogens with zero attached hydrogens (tertiary/aromatic N) is 1. The van der Waals surface area contributed by atoms with Gasteiger partial charge in [-0.1, -0.05) is 12.1 Å². The Bertz CT molecular complexity index is 627. The summed E-state index contributed by atoms with van der Waals surface area (Å²) >= 11 is 0. The second kappa shape index (κ2) is 4.46. The van der Waals surface area contributed by atoms with E-state index < -0.39 is 0 Å². The second-order valence-corrected chi connectivity index (χ2v) is 4.81. The molecule has 0 spiro atoms. The van der Waals surface area contributed by atoms with Gasteiger partial charge in [0.25, 0.3) is 5.56 Å². The summed E-state index contributed by atoms with van der Waals surface area (Å²) < 4.78 is 1.69. The van der Waals surface area contributed by atoms with Gasteiger partial charge in [0.1, 0.15) is 5.75 Å². The van der Waals surface area contributed by atoms with Gasteiger partial charge in [-0.25, -0.2) is 0 Å².